The third-order valence-electron chi connectivity index (χ3n) is 3.07. The van der Waals surface area contributed by atoms with Crippen LogP contribution in [-0.2, 0) is 0 Å². The van der Waals surface area contributed by atoms with E-state index in [-0.39, 0.29) is 5.56 Å². The molecule has 0 saturated carbocycles. The fourth-order valence-electron chi connectivity index (χ4n) is 2.03. The number of hydrogen-bond acceptors (Lipinski definition) is 2. The Hall–Kier alpha value is -1.72. The Morgan fingerprint density at radius 1 is 1.33 bits per heavy atom. The van der Waals surface area contributed by atoms with E-state index >= 15 is 0 Å². The van der Waals surface area contributed by atoms with Crippen LogP contribution in [0.4, 0.5) is 18.9 Å². The summed E-state index contributed by atoms with van der Waals surface area (Å²) in [7, 11) is 0. The average Bonchev–Trinajstić information content (AvgIpc) is 2.36. The molecule has 0 saturated heterocycles. The Morgan fingerprint density at radius 3 is 2.38 bits per heavy atom. The number of nitrogens with one attached hydrogen (secondary N) is 1. The smallest absolute Gasteiger partial charge is 0.385 e. The van der Waals surface area contributed by atoms with Crippen molar-refractivity contribution in [1.29, 1.82) is 0 Å². The van der Waals surface area contributed by atoms with E-state index in [4.69, 9.17) is 0 Å². The summed E-state index contributed by atoms with van der Waals surface area (Å²) >= 11 is 0. The molecular formula is C15H21F3N2O. The van der Waals surface area contributed by atoms with Crippen LogP contribution in [0.5, 0.6) is 0 Å². The van der Waals surface area contributed by atoms with Gasteiger partial charge >= 0.3 is 6.18 Å². The van der Waals surface area contributed by atoms with E-state index in [0.29, 0.717) is 0 Å². The number of hydrogen-bond donors (Lipinski definition) is 1. The van der Waals surface area contributed by atoms with Crippen LogP contribution in [0.2, 0.25) is 0 Å². The molecule has 1 aromatic rings. The van der Waals surface area contributed by atoms with Gasteiger partial charge in [0.05, 0.1) is 0 Å². The van der Waals surface area contributed by atoms with E-state index < -0.39 is 24.7 Å². The zero-order valence-electron chi connectivity index (χ0n) is 12.7. The number of halogens is 3. The van der Waals surface area contributed by atoms with E-state index in [1.807, 2.05) is 13.8 Å². The Bertz CT molecular complexity index is 498. The maximum atomic E-state index is 12.6. The molecule has 0 spiro atoms. The summed E-state index contributed by atoms with van der Waals surface area (Å²) in [6.07, 6.45) is -4.40. The molecule has 0 aliphatic heterocycles. The molecule has 0 atom stereocenters. The molecule has 0 aromatic heterocycles. The Morgan fingerprint density at radius 2 is 1.95 bits per heavy atom. The molecule has 0 aliphatic rings. The fraction of sp³-hybridized carbons (Fsp3) is 0.533. The molecule has 118 valence electrons. The quantitative estimate of drug-likeness (QED) is 0.896. The van der Waals surface area contributed by atoms with Gasteiger partial charge in [0.2, 0.25) is 0 Å². The van der Waals surface area contributed by atoms with Gasteiger partial charge < -0.3 is 10.2 Å². The number of carbonyl (C=O) groups excluding carboxylic acids is 1. The maximum Gasteiger partial charge on any atom is 0.406 e. The van der Waals surface area contributed by atoms with Gasteiger partial charge in [-0.05, 0) is 51.5 Å². The molecule has 0 heterocycles. The van der Waals surface area contributed by atoms with Gasteiger partial charge in [0, 0.05) is 23.8 Å². The number of rotatable bonds is 5. The zero-order chi connectivity index (χ0) is 16.2. The van der Waals surface area contributed by atoms with Crippen LogP contribution in [0.3, 0.4) is 0 Å². The second kappa shape index (κ2) is 6.83. The van der Waals surface area contributed by atoms with E-state index in [9.17, 15) is 18.0 Å². The van der Waals surface area contributed by atoms with Crippen molar-refractivity contribution in [2.24, 2.45) is 0 Å². The Balaban J connectivity index is 3.01. The first-order chi connectivity index (χ1) is 9.65. The predicted octanol–water partition coefficient (Wildman–Crippen LogP) is 3.84. The number of anilines is 1. The van der Waals surface area contributed by atoms with Crippen molar-refractivity contribution < 1.29 is 18.0 Å². The third kappa shape index (κ3) is 4.95. The normalized spacial score (nSPS) is 11.6. The molecule has 0 fully saturated rings. The summed E-state index contributed by atoms with van der Waals surface area (Å²) in [5.74, 6) is -0.603. The third-order valence-corrected chi connectivity index (χ3v) is 3.07. The number of alkyl halides is 3. The molecule has 6 heteroatoms. The highest BCUT2D eigenvalue weighted by Gasteiger charge is 2.34. The van der Waals surface area contributed by atoms with E-state index in [1.54, 1.807) is 32.0 Å². The van der Waals surface area contributed by atoms with E-state index in [0.717, 1.165) is 22.7 Å². The van der Waals surface area contributed by atoms with Gasteiger partial charge in [0.25, 0.3) is 5.91 Å². The fourth-order valence-corrected chi connectivity index (χ4v) is 2.03. The van der Waals surface area contributed by atoms with Gasteiger partial charge in [-0.15, -0.1) is 0 Å². The van der Waals surface area contributed by atoms with Crippen molar-refractivity contribution in [2.45, 2.75) is 39.9 Å². The Kier molecular flexibility index (Phi) is 5.63. The zero-order valence-corrected chi connectivity index (χ0v) is 12.7. The van der Waals surface area contributed by atoms with Crippen molar-refractivity contribution in [3.63, 3.8) is 0 Å². The predicted molar refractivity (Wildman–Crippen MR) is 77.6 cm³/mol. The van der Waals surface area contributed by atoms with Crippen LogP contribution in [0.15, 0.2) is 18.2 Å². The summed E-state index contributed by atoms with van der Waals surface area (Å²) in [4.78, 5) is 13.1. The molecule has 0 bridgehead atoms. The summed E-state index contributed by atoms with van der Waals surface area (Å²) in [5.41, 5.74) is 1.98. The largest absolute Gasteiger partial charge is 0.406 e. The molecule has 0 aliphatic carbocycles. The molecule has 1 rings (SSSR count). The summed E-state index contributed by atoms with van der Waals surface area (Å²) in [6.45, 7) is 6.41. The van der Waals surface area contributed by atoms with E-state index in [2.05, 4.69) is 5.32 Å². The van der Waals surface area contributed by atoms with Gasteiger partial charge in [-0.25, -0.2) is 0 Å². The standard InChI is InChI=1S/C15H21F3N2O/c1-5-19-13-7-6-12(8-11(13)4)14(21)20(10(2)3)9-15(16,17)18/h6-8,10,19H,5,9H2,1-4H3. The second-order valence-corrected chi connectivity index (χ2v) is 5.20. The van der Waals surface area contributed by atoms with E-state index in [1.165, 1.54) is 0 Å². The van der Waals surface area contributed by atoms with Crippen LogP contribution >= 0.6 is 0 Å². The SMILES string of the molecule is CCNc1ccc(C(=O)N(CC(F)(F)F)C(C)C)cc1C. The molecule has 1 N–H and O–H groups in total. The highest BCUT2D eigenvalue weighted by atomic mass is 19.4. The molecule has 1 amide bonds. The number of benzene rings is 1. The summed E-state index contributed by atoms with van der Waals surface area (Å²) in [5, 5.41) is 3.13. The highest BCUT2D eigenvalue weighted by Crippen LogP contribution is 2.22. The van der Waals surface area contributed by atoms with Gasteiger partial charge in [-0.3, -0.25) is 4.79 Å². The lowest BCUT2D eigenvalue weighted by Gasteiger charge is -2.28. The topological polar surface area (TPSA) is 32.3 Å². The summed E-state index contributed by atoms with van der Waals surface area (Å²) in [6, 6.07) is 4.37. The minimum atomic E-state index is -4.40. The maximum absolute atomic E-state index is 12.6. The second-order valence-electron chi connectivity index (χ2n) is 5.20. The number of nitrogens with zero attached hydrogens (tertiary/aromatic N) is 1. The summed E-state index contributed by atoms with van der Waals surface area (Å²) < 4.78 is 37.7. The monoisotopic (exact) mass is 302 g/mol. The minimum Gasteiger partial charge on any atom is -0.385 e. The molecular weight excluding hydrogens is 281 g/mol. The lowest BCUT2D eigenvalue weighted by Crippen LogP contribution is -2.43. The molecule has 0 radical (unpaired) electrons. The van der Waals surface area contributed by atoms with Gasteiger partial charge in [0.1, 0.15) is 6.54 Å². The minimum absolute atomic E-state index is 0.270. The number of aryl methyl sites for hydroxylation is 1. The first-order valence-corrected chi connectivity index (χ1v) is 6.88. The first-order valence-electron chi connectivity index (χ1n) is 6.88. The lowest BCUT2D eigenvalue weighted by atomic mass is 10.1. The molecule has 1 aromatic carbocycles. The van der Waals surface area contributed by atoms with Gasteiger partial charge in [0.15, 0.2) is 0 Å². The van der Waals surface area contributed by atoms with Crippen molar-refractivity contribution in [1.82, 2.24) is 4.90 Å². The average molecular weight is 302 g/mol. The van der Waals surface area contributed by atoms with Crippen LogP contribution < -0.4 is 5.32 Å². The van der Waals surface area contributed by atoms with Crippen LogP contribution in [-0.4, -0.2) is 36.1 Å². The number of amides is 1. The lowest BCUT2D eigenvalue weighted by molar-refractivity contribution is -0.143. The highest BCUT2D eigenvalue weighted by molar-refractivity contribution is 5.95. The van der Waals surface area contributed by atoms with Crippen molar-refractivity contribution in [3.8, 4) is 0 Å². The first kappa shape index (κ1) is 17.3. The van der Waals surface area contributed by atoms with Crippen LogP contribution in [0.25, 0.3) is 0 Å². The van der Waals surface area contributed by atoms with Gasteiger partial charge in [-0.2, -0.15) is 13.2 Å². The molecule has 3 nitrogen and oxygen atoms in total. The molecule has 21 heavy (non-hydrogen) atoms. The Labute approximate surface area is 123 Å². The van der Waals surface area contributed by atoms with Crippen LogP contribution in [0.1, 0.15) is 36.7 Å². The van der Waals surface area contributed by atoms with Crippen molar-refractivity contribution in [2.75, 3.05) is 18.4 Å². The van der Waals surface area contributed by atoms with Crippen molar-refractivity contribution in [3.05, 3.63) is 29.3 Å². The van der Waals surface area contributed by atoms with Gasteiger partial charge in [-0.1, -0.05) is 0 Å². The van der Waals surface area contributed by atoms with Crippen molar-refractivity contribution >= 4 is 11.6 Å². The van der Waals surface area contributed by atoms with Crippen LogP contribution in [0, 0.1) is 6.92 Å². The molecule has 0 unspecified atom stereocenters. The number of carbonyl (C=O) groups is 1.